The van der Waals surface area contributed by atoms with Crippen LogP contribution in [0.4, 0.5) is 0 Å². The van der Waals surface area contributed by atoms with Gasteiger partial charge < -0.3 is 10.2 Å². The molecule has 1 aliphatic rings. The molecule has 1 aliphatic carbocycles. The van der Waals surface area contributed by atoms with Crippen LogP contribution in [0.3, 0.4) is 0 Å². The van der Waals surface area contributed by atoms with Crippen LogP contribution in [0, 0.1) is 0 Å². The molecule has 19 heavy (non-hydrogen) atoms. The SMILES string of the molecule is CCN(Cc1ccccc1)C(=O)C(C)NC1CC1.Cl. The number of nitrogens with zero attached hydrogens (tertiary/aromatic N) is 1. The Hall–Kier alpha value is -1.06. The van der Waals surface area contributed by atoms with Crippen LogP contribution in [0.25, 0.3) is 0 Å². The maximum atomic E-state index is 12.3. The van der Waals surface area contributed by atoms with E-state index in [1.165, 1.54) is 18.4 Å². The normalized spacial score (nSPS) is 15.5. The average molecular weight is 283 g/mol. The molecule has 0 spiro atoms. The number of benzene rings is 1. The van der Waals surface area contributed by atoms with Gasteiger partial charge in [-0.3, -0.25) is 4.79 Å². The molecule has 0 saturated heterocycles. The summed E-state index contributed by atoms with van der Waals surface area (Å²) in [7, 11) is 0. The predicted molar refractivity (Wildman–Crippen MR) is 80.4 cm³/mol. The van der Waals surface area contributed by atoms with Crippen LogP contribution in [-0.4, -0.2) is 29.4 Å². The topological polar surface area (TPSA) is 32.3 Å². The Balaban J connectivity index is 0.00000180. The smallest absolute Gasteiger partial charge is 0.239 e. The van der Waals surface area contributed by atoms with Crippen molar-refractivity contribution in [1.82, 2.24) is 10.2 Å². The van der Waals surface area contributed by atoms with Gasteiger partial charge in [0.25, 0.3) is 0 Å². The minimum absolute atomic E-state index is 0. The van der Waals surface area contributed by atoms with E-state index in [9.17, 15) is 4.79 Å². The van der Waals surface area contributed by atoms with Gasteiger partial charge in [0.15, 0.2) is 0 Å². The first-order valence-corrected chi connectivity index (χ1v) is 6.79. The fourth-order valence-electron chi connectivity index (χ4n) is 2.10. The van der Waals surface area contributed by atoms with Gasteiger partial charge in [0.05, 0.1) is 6.04 Å². The number of likely N-dealkylation sites (N-methyl/N-ethyl adjacent to an activating group) is 1. The van der Waals surface area contributed by atoms with E-state index in [4.69, 9.17) is 0 Å². The molecule has 0 aromatic heterocycles. The zero-order chi connectivity index (χ0) is 13.0. The molecule has 1 saturated carbocycles. The molecule has 2 rings (SSSR count). The van der Waals surface area contributed by atoms with E-state index >= 15 is 0 Å². The number of hydrogen-bond donors (Lipinski definition) is 1. The zero-order valence-electron chi connectivity index (χ0n) is 11.6. The number of nitrogens with one attached hydrogen (secondary N) is 1. The predicted octanol–water partition coefficient (Wildman–Crippen LogP) is 2.60. The van der Waals surface area contributed by atoms with Crippen molar-refractivity contribution < 1.29 is 4.79 Å². The van der Waals surface area contributed by atoms with Crippen molar-refractivity contribution >= 4 is 18.3 Å². The van der Waals surface area contributed by atoms with Crippen molar-refractivity contribution in [2.75, 3.05) is 6.54 Å². The summed E-state index contributed by atoms with van der Waals surface area (Å²) < 4.78 is 0. The highest BCUT2D eigenvalue weighted by Crippen LogP contribution is 2.19. The first-order valence-electron chi connectivity index (χ1n) is 6.79. The molecule has 0 radical (unpaired) electrons. The highest BCUT2D eigenvalue weighted by molar-refractivity contribution is 5.85. The van der Waals surface area contributed by atoms with Gasteiger partial charge in [-0.15, -0.1) is 12.4 Å². The minimum Gasteiger partial charge on any atom is -0.337 e. The second-order valence-electron chi connectivity index (χ2n) is 5.00. The molecule has 0 bridgehead atoms. The quantitative estimate of drug-likeness (QED) is 0.870. The Kier molecular flexibility index (Phi) is 6.32. The molecule has 1 fully saturated rings. The van der Waals surface area contributed by atoms with Crippen LogP contribution in [0.5, 0.6) is 0 Å². The largest absolute Gasteiger partial charge is 0.337 e. The maximum absolute atomic E-state index is 12.3. The Morgan fingerprint density at radius 2 is 2.00 bits per heavy atom. The van der Waals surface area contributed by atoms with Crippen LogP contribution in [0.1, 0.15) is 32.3 Å². The lowest BCUT2D eigenvalue weighted by molar-refractivity contribution is -0.133. The number of halogens is 1. The molecule has 1 atom stereocenters. The highest BCUT2D eigenvalue weighted by atomic mass is 35.5. The Morgan fingerprint density at radius 3 is 2.53 bits per heavy atom. The van der Waals surface area contributed by atoms with Crippen LogP contribution in [0.2, 0.25) is 0 Å². The Bertz CT molecular complexity index is 392. The first-order chi connectivity index (χ1) is 8.70. The maximum Gasteiger partial charge on any atom is 0.239 e. The molecule has 1 aromatic carbocycles. The van der Waals surface area contributed by atoms with Crippen LogP contribution >= 0.6 is 12.4 Å². The zero-order valence-corrected chi connectivity index (χ0v) is 12.5. The molecule has 0 heterocycles. The van der Waals surface area contributed by atoms with E-state index in [1.807, 2.05) is 36.9 Å². The molecular weight excluding hydrogens is 260 g/mol. The van der Waals surface area contributed by atoms with Gasteiger partial charge in [-0.2, -0.15) is 0 Å². The molecule has 3 nitrogen and oxygen atoms in total. The number of amides is 1. The van der Waals surface area contributed by atoms with E-state index in [0.29, 0.717) is 12.6 Å². The number of carbonyl (C=O) groups excluding carboxylic acids is 1. The average Bonchev–Trinajstić information content (AvgIpc) is 3.20. The van der Waals surface area contributed by atoms with Gasteiger partial charge in [-0.25, -0.2) is 0 Å². The summed E-state index contributed by atoms with van der Waals surface area (Å²) in [4.78, 5) is 14.2. The lowest BCUT2D eigenvalue weighted by Crippen LogP contribution is -2.45. The van der Waals surface area contributed by atoms with E-state index < -0.39 is 0 Å². The summed E-state index contributed by atoms with van der Waals surface area (Å²) in [6.07, 6.45) is 2.42. The molecule has 1 N–H and O–H groups in total. The van der Waals surface area contributed by atoms with Crippen LogP contribution in [0.15, 0.2) is 30.3 Å². The van der Waals surface area contributed by atoms with E-state index in [1.54, 1.807) is 0 Å². The van der Waals surface area contributed by atoms with Gasteiger partial charge in [-0.1, -0.05) is 30.3 Å². The summed E-state index contributed by atoms with van der Waals surface area (Å²) in [5, 5.41) is 3.36. The summed E-state index contributed by atoms with van der Waals surface area (Å²) in [6.45, 7) is 5.45. The van der Waals surface area contributed by atoms with E-state index in [2.05, 4.69) is 17.4 Å². The highest BCUT2D eigenvalue weighted by Gasteiger charge is 2.27. The summed E-state index contributed by atoms with van der Waals surface area (Å²) >= 11 is 0. The van der Waals surface area contributed by atoms with E-state index in [-0.39, 0.29) is 24.4 Å². The third-order valence-electron chi connectivity index (χ3n) is 3.34. The lowest BCUT2D eigenvalue weighted by atomic mass is 10.2. The van der Waals surface area contributed by atoms with Gasteiger partial charge in [-0.05, 0) is 32.3 Å². The summed E-state index contributed by atoms with van der Waals surface area (Å²) in [5.74, 6) is 0.202. The molecule has 0 aliphatic heterocycles. The van der Waals surface area contributed by atoms with Crippen molar-refractivity contribution in [3.63, 3.8) is 0 Å². The monoisotopic (exact) mass is 282 g/mol. The van der Waals surface area contributed by atoms with Gasteiger partial charge >= 0.3 is 0 Å². The van der Waals surface area contributed by atoms with Gasteiger partial charge in [0.1, 0.15) is 0 Å². The molecule has 1 amide bonds. The summed E-state index contributed by atoms with van der Waals surface area (Å²) in [6, 6.07) is 10.7. The fourth-order valence-corrected chi connectivity index (χ4v) is 2.10. The van der Waals surface area contributed by atoms with Crippen molar-refractivity contribution in [3.05, 3.63) is 35.9 Å². The number of hydrogen-bond acceptors (Lipinski definition) is 2. The first kappa shape index (κ1) is 16.0. The van der Waals surface area contributed by atoms with Crippen LogP contribution in [-0.2, 0) is 11.3 Å². The third kappa shape index (κ3) is 4.84. The van der Waals surface area contributed by atoms with Gasteiger partial charge in [0, 0.05) is 19.1 Å². The standard InChI is InChI=1S/C15H22N2O.ClH/c1-3-17(11-13-7-5-4-6-8-13)15(18)12(2)16-14-9-10-14;/h4-8,12,14,16H,3,9-11H2,1-2H3;1H. The molecule has 1 aromatic rings. The van der Waals surface area contributed by atoms with Gasteiger partial charge in [0.2, 0.25) is 5.91 Å². The fraction of sp³-hybridized carbons (Fsp3) is 0.533. The van der Waals surface area contributed by atoms with Crippen molar-refractivity contribution in [2.45, 2.75) is 45.3 Å². The Labute approximate surface area is 121 Å². The van der Waals surface area contributed by atoms with Crippen molar-refractivity contribution in [2.24, 2.45) is 0 Å². The van der Waals surface area contributed by atoms with Crippen molar-refractivity contribution in [1.29, 1.82) is 0 Å². The minimum atomic E-state index is -0.0684. The molecule has 106 valence electrons. The second-order valence-corrected chi connectivity index (χ2v) is 5.00. The van der Waals surface area contributed by atoms with E-state index in [0.717, 1.165) is 6.54 Å². The number of carbonyl (C=O) groups is 1. The molecule has 1 unspecified atom stereocenters. The third-order valence-corrected chi connectivity index (χ3v) is 3.34. The Morgan fingerprint density at radius 1 is 1.37 bits per heavy atom. The second kappa shape index (κ2) is 7.51. The summed E-state index contributed by atoms with van der Waals surface area (Å²) in [5.41, 5.74) is 1.19. The molecule has 4 heteroatoms. The number of rotatable bonds is 6. The molecular formula is C15H23ClN2O. The lowest BCUT2D eigenvalue weighted by Gasteiger charge is -2.25. The van der Waals surface area contributed by atoms with Crippen molar-refractivity contribution in [3.8, 4) is 0 Å². The van der Waals surface area contributed by atoms with Crippen LogP contribution < -0.4 is 5.32 Å².